The third kappa shape index (κ3) is 2.04. The summed E-state index contributed by atoms with van der Waals surface area (Å²) < 4.78 is 5.40. The number of hydrogen-bond acceptors (Lipinski definition) is 4. The second-order valence-corrected chi connectivity index (χ2v) is 2.73. The first-order valence-electron chi connectivity index (χ1n) is 4.23. The molecule has 0 aliphatic rings. The molecule has 0 N–H and O–H groups in total. The van der Waals surface area contributed by atoms with Gasteiger partial charge in [-0.3, -0.25) is 0 Å². The number of ether oxygens (including phenoxy) is 1. The van der Waals surface area contributed by atoms with Crippen molar-refractivity contribution in [2.45, 2.75) is 6.92 Å². The zero-order valence-corrected chi connectivity index (χ0v) is 7.71. The highest BCUT2D eigenvalue weighted by molar-refractivity contribution is 5.23. The number of aromatic nitrogens is 3. The molecule has 0 fully saturated rings. The number of rotatable bonds is 2. The van der Waals surface area contributed by atoms with Crippen LogP contribution in [0.5, 0.6) is 11.8 Å². The van der Waals surface area contributed by atoms with Gasteiger partial charge in [-0.25, -0.2) is 4.98 Å². The average Bonchev–Trinajstić information content (AvgIpc) is 2.19. The lowest BCUT2D eigenvalue weighted by atomic mass is 10.3. The highest BCUT2D eigenvalue weighted by Gasteiger charge is 1.99. The molecule has 4 heteroatoms. The topological polar surface area (TPSA) is 47.9 Å². The first-order valence-corrected chi connectivity index (χ1v) is 4.23. The fourth-order valence-electron chi connectivity index (χ4n) is 1.00. The van der Waals surface area contributed by atoms with Crippen molar-refractivity contribution in [3.8, 4) is 11.8 Å². The lowest BCUT2D eigenvalue weighted by molar-refractivity contribution is 0.437. The van der Waals surface area contributed by atoms with Crippen LogP contribution >= 0.6 is 0 Å². The maximum absolute atomic E-state index is 5.40. The molecule has 0 amide bonds. The van der Waals surface area contributed by atoms with Crippen LogP contribution in [0.1, 0.15) is 5.82 Å². The molecule has 0 unspecified atom stereocenters. The van der Waals surface area contributed by atoms with Gasteiger partial charge in [-0.15, -0.1) is 0 Å². The molecule has 0 aliphatic heterocycles. The highest BCUT2D eigenvalue weighted by atomic mass is 16.5. The number of para-hydroxylation sites is 1. The standard InChI is InChI=1S/C10H9N3O/c1-8-11-7-12-10(13-8)14-9-5-3-2-4-6-9/h2-7H,1H3. The average molecular weight is 187 g/mol. The zero-order chi connectivity index (χ0) is 9.80. The Labute approximate surface area is 81.6 Å². The van der Waals surface area contributed by atoms with E-state index in [0.717, 1.165) is 5.75 Å². The van der Waals surface area contributed by atoms with E-state index < -0.39 is 0 Å². The van der Waals surface area contributed by atoms with Gasteiger partial charge in [0.05, 0.1) is 0 Å². The number of benzene rings is 1. The Hall–Kier alpha value is -1.97. The summed E-state index contributed by atoms with van der Waals surface area (Å²) in [6.45, 7) is 1.79. The van der Waals surface area contributed by atoms with E-state index in [-0.39, 0.29) is 0 Å². The molecule has 2 rings (SSSR count). The summed E-state index contributed by atoms with van der Waals surface area (Å²) in [5.41, 5.74) is 0. The molecule has 4 nitrogen and oxygen atoms in total. The Morgan fingerprint density at radius 1 is 1.07 bits per heavy atom. The summed E-state index contributed by atoms with van der Waals surface area (Å²) in [4.78, 5) is 11.8. The second-order valence-electron chi connectivity index (χ2n) is 2.73. The van der Waals surface area contributed by atoms with Crippen LogP contribution in [0.15, 0.2) is 36.7 Å². The number of aryl methyl sites for hydroxylation is 1. The molecule has 1 heterocycles. The van der Waals surface area contributed by atoms with E-state index in [9.17, 15) is 0 Å². The molecule has 0 saturated heterocycles. The Kier molecular flexibility index (Phi) is 2.36. The summed E-state index contributed by atoms with van der Waals surface area (Å²) in [6, 6.07) is 9.72. The zero-order valence-electron chi connectivity index (χ0n) is 7.71. The quantitative estimate of drug-likeness (QED) is 0.721. The van der Waals surface area contributed by atoms with Crippen molar-refractivity contribution in [3.63, 3.8) is 0 Å². The van der Waals surface area contributed by atoms with Crippen molar-refractivity contribution >= 4 is 0 Å². The summed E-state index contributed by atoms with van der Waals surface area (Å²) >= 11 is 0. The van der Waals surface area contributed by atoms with Crippen molar-refractivity contribution < 1.29 is 4.74 Å². The van der Waals surface area contributed by atoms with Crippen molar-refractivity contribution in [1.29, 1.82) is 0 Å². The van der Waals surface area contributed by atoms with Gasteiger partial charge >= 0.3 is 6.01 Å². The van der Waals surface area contributed by atoms with E-state index in [0.29, 0.717) is 11.8 Å². The smallest absolute Gasteiger partial charge is 0.325 e. The Morgan fingerprint density at radius 2 is 1.86 bits per heavy atom. The fraction of sp³-hybridized carbons (Fsp3) is 0.100. The predicted molar refractivity (Wildman–Crippen MR) is 51.1 cm³/mol. The molecule has 14 heavy (non-hydrogen) atoms. The summed E-state index contributed by atoms with van der Waals surface area (Å²) in [6.07, 6.45) is 1.43. The monoisotopic (exact) mass is 187 g/mol. The Morgan fingerprint density at radius 3 is 2.57 bits per heavy atom. The van der Waals surface area contributed by atoms with Crippen molar-refractivity contribution in [2.75, 3.05) is 0 Å². The van der Waals surface area contributed by atoms with Crippen molar-refractivity contribution in [1.82, 2.24) is 15.0 Å². The maximum atomic E-state index is 5.40. The van der Waals surface area contributed by atoms with E-state index in [1.54, 1.807) is 6.92 Å². The van der Waals surface area contributed by atoms with Gasteiger partial charge in [-0.05, 0) is 19.1 Å². The predicted octanol–water partition coefficient (Wildman–Crippen LogP) is 1.97. The molecule has 0 radical (unpaired) electrons. The van der Waals surface area contributed by atoms with Crippen LogP contribution in [-0.4, -0.2) is 15.0 Å². The van der Waals surface area contributed by atoms with Crippen LogP contribution in [0.25, 0.3) is 0 Å². The van der Waals surface area contributed by atoms with Crippen LogP contribution < -0.4 is 4.74 Å². The third-order valence-electron chi connectivity index (χ3n) is 1.62. The minimum atomic E-state index is 0.323. The largest absolute Gasteiger partial charge is 0.424 e. The van der Waals surface area contributed by atoms with E-state index in [2.05, 4.69) is 15.0 Å². The molecule has 1 aromatic carbocycles. The number of nitrogens with zero attached hydrogens (tertiary/aromatic N) is 3. The van der Waals surface area contributed by atoms with Gasteiger partial charge in [0.2, 0.25) is 0 Å². The normalized spacial score (nSPS) is 9.79. The van der Waals surface area contributed by atoms with Gasteiger partial charge in [0.15, 0.2) is 0 Å². The molecule has 0 saturated carbocycles. The summed E-state index contributed by atoms with van der Waals surface area (Å²) in [5, 5.41) is 0. The second kappa shape index (κ2) is 3.83. The van der Waals surface area contributed by atoms with Crippen molar-refractivity contribution in [3.05, 3.63) is 42.5 Å². The molecular formula is C10H9N3O. The molecule has 0 bridgehead atoms. The van der Waals surface area contributed by atoms with Gasteiger partial charge in [-0.2, -0.15) is 9.97 Å². The fourth-order valence-corrected chi connectivity index (χ4v) is 1.00. The van der Waals surface area contributed by atoms with Gasteiger partial charge in [-0.1, -0.05) is 18.2 Å². The van der Waals surface area contributed by atoms with Crippen LogP contribution in [0.2, 0.25) is 0 Å². The molecule has 1 aromatic heterocycles. The molecule has 70 valence electrons. The van der Waals surface area contributed by atoms with Gasteiger partial charge in [0.1, 0.15) is 17.9 Å². The molecular weight excluding hydrogens is 178 g/mol. The molecule has 0 atom stereocenters. The summed E-state index contributed by atoms with van der Waals surface area (Å²) in [5.74, 6) is 1.36. The van der Waals surface area contributed by atoms with Gasteiger partial charge in [0.25, 0.3) is 0 Å². The van der Waals surface area contributed by atoms with Crippen molar-refractivity contribution in [2.24, 2.45) is 0 Å². The lowest BCUT2D eigenvalue weighted by Gasteiger charge is -2.02. The Bertz CT molecular complexity index is 417. The first kappa shape index (κ1) is 8.62. The first-order chi connectivity index (χ1) is 6.84. The SMILES string of the molecule is Cc1ncnc(Oc2ccccc2)n1. The maximum Gasteiger partial charge on any atom is 0.325 e. The van der Waals surface area contributed by atoms with Crippen LogP contribution in [0.4, 0.5) is 0 Å². The van der Waals surface area contributed by atoms with Crippen LogP contribution in [0.3, 0.4) is 0 Å². The minimum absolute atomic E-state index is 0.323. The minimum Gasteiger partial charge on any atom is -0.424 e. The molecule has 0 aliphatic carbocycles. The molecule has 2 aromatic rings. The van der Waals surface area contributed by atoms with E-state index in [1.165, 1.54) is 6.33 Å². The summed E-state index contributed by atoms with van der Waals surface area (Å²) in [7, 11) is 0. The van der Waals surface area contributed by atoms with Gasteiger partial charge in [0, 0.05) is 0 Å². The third-order valence-corrected chi connectivity index (χ3v) is 1.62. The molecule has 0 spiro atoms. The Balaban J connectivity index is 2.19. The van der Waals surface area contributed by atoms with Crippen LogP contribution in [-0.2, 0) is 0 Å². The highest BCUT2D eigenvalue weighted by Crippen LogP contribution is 2.15. The van der Waals surface area contributed by atoms with Gasteiger partial charge < -0.3 is 4.74 Å². The van der Waals surface area contributed by atoms with E-state index in [1.807, 2.05) is 30.3 Å². The van der Waals surface area contributed by atoms with E-state index in [4.69, 9.17) is 4.74 Å². The van der Waals surface area contributed by atoms with E-state index >= 15 is 0 Å². The lowest BCUT2D eigenvalue weighted by Crippen LogP contribution is -1.94. The number of hydrogen-bond donors (Lipinski definition) is 0. The van der Waals surface area contributed by atoms with Crippen LogP contribution in [0, 0.1) is 6.92 Å².